The van der Waals surface area contributed by atoms with Crippen molar-refractivity contribution < 1.29 is 15.0 Å². The van der Waals surface area contributed by atoms with Gasteiger partial charge >= 0.3 is 5.97 Å². The van der Waals surface area contributed by atoms with E-state index in [1.165, 1.54) is 15.9 Å². The normalized spacial score (nSPS) is 14.6. The van der Waals surface area contributed by atoms with E-state index in [0.29, 0.717) is 8.83 Å². The van der Waals surface area contributed by atoms with Gasteiger partial charge in [0, 0.05) is 17.4 Å². The number of benzene rings is 1. The van der Waals surface area contributed by atoms with Crippen LogP contribution < -0.4 is 0 Å². The third-order valence-electron chi connectivity index (χ3n) is 3.03. The van der Waals surface area contributed by atoms with Crippen molar-refractivity contribution in [3.8, 4) is 5.88 Å². The molecule has 0 unspecified atom stereocenters. The van der Waals surface area contributed by atoms with Crippen molar-refractivity contribution in [2.45, 2.75) is 6.54 Å². The maximum absolute atomic E-state index is 10.8. The van der Waals surface area contributed by atoms with Crippen LogP contribution in [0.1, 0.15) is 10.4 Å². The standard InChI is InChI=1S/C14H10N2O3S2/c17-12(18)7-16-13(19)11(21-14(16)20)5-8-6-15-10-4-2-1-3-9(8)10/h1-6,19H,7H2,(H,17,18)/b8-5-. The van der Waals surface area contributed by atoms with Crippen LogP contribution in [-0.4, -0.2) is 27.0 Å². The summed E-state index contributed by atoms with van der Waals surface area (Å²) in [5.41, 5.74) is 2.71. The molecule has 5 nitrogen and oxygen atoms in total. The Labute approximate surface area is 129 Å². The van der Waals surface area contributed by atoms with Crippen LogP contribution in [0.2, 0.25) is 0 Å². The minimum absolute atomic E-state index is 0.127. The van der Waals surface area contributed by atoms with Crippen molar-refractivity contribution in [2.24, 2.45) is 4.99 Å². The highest BCUT2D eigenvalue weighted by Crippen LogP contribution is 2.35. The first-order chi connectivity index (χ1) is 10.1. The monoisotopic (exact) mass is 318 g/mol. The molecule has 106 valence electrons. The Hall–Kier alpha value is -2.25. The predicted octanol–water partition coefficient (Wildman–Crippen LogP) is 3.33. The molecule has 3 rings (SSSR count). The van der Waals surface area contributed by atoms with E-state index in [0.717, 1.165) is 16.8 Å². The predicted molar refractivity (Wildman–Crippen MR) is 84.9 cm³/mol. The van der Waals surface area contributed by atoms with E-state index in [1.54, 1.807) is 12.3 Å². The Kier molecular flexibility index (Phi) is 3.44. The van der Waals surface area contributed by atoms with E-state index in [2.05, 4.69) is 4.99 Å². The number of aliphatic carboxylic acids is 1. The molecular formula is C14H10N2O3S2. The van der Waals surface area contributed by atoms with Gasteiger partial charge in [-0.15, -0.1) is 11.3 Å². The minimum Gasteiger partial charge on any atom is -0.493 e. The van der Waals surface area contributed by atoms with E-state index in [4.69, 9.17) is 17.3 Å². The zero-order valence-electron chi connectivity index (χ0n) is 10.7. The van der Waals surface area contributed by atoms with E-state index < -0.39 is 5.97 Å². The van der Waals surface area contributed by atoms with Crippen LogP contribution in [0.3, 0.4) is 0 Å². The number of carboxylic acid groups (broad SMARTS) is 1. The van der Waals surface area contributed by atoms with Gasteiger partial charge in [-0.3, -0.25) is 14.4 Å². The van der Waals surface area contributed by atoms with Crippen LogP contribution in [0.25, 0.3) is 11.6 Å². The maximum Gasteiger partial charge on any atom is 0.323 e. The number of nitrogens with zero attached hydrogens (tertiary/aromatic N) is 2. The van der Waals surface area contributed by atoms with Crippen molar-refractivity contribution in [1.29, 1.82) is 0 Å². The van der Waals surface area contributed by atoms with E-state index in [1.807, 2.05) is 24.3 Å². The van der Waals surface area contributed by atoms with Crippen LogP contribution in [0.15, 0.2) is 29.3 Å². The lowest BCUT2D eigenvalue weighted by atomic mass is 10.1. The summed E-state index contributed by atoms with van der Waals surface area (Å²) in [5.74, 6) is -1.18. The SMILES string of the molecule is O=C(O)Cn1c(O)c(/C=C2/C=Nc3ccccc32)sc1=S. The molecule has 0 fully saturated rings. The molecule has 2 aromatic rings. The zero-order valence-corrected chi connectivity index (χ0v) is 12.3. The molecule has 1 aromatic heterocycles. The van der Waals surface area contributed by atoms with E-state index in [-0.39, 0.29) is 12.4 Å². The number of rotatable bonds is 3. The summed E-state index contributed by atoms with van der Waals surface area (Å²) in [5, 5.41) is 19.0. The quantitative estimate of drug-likeness (QED) is 0.851. The van der Waals surface area contributed by atoms with Crippen LogP contribution in [0.5, 0.6) is 5.88 Å². The van der Waals surface area contributed by atoms with Gasteiger partial charge in [0.25, 0.3) is 0 Å². The molecule has 1 aliphatic rings. The fraction of sp³-hybridized carbons (Fsp3) is 0.0714. The number of carboxylic acids is 1. The molecule has 0 bridgehead atoms. The summed E-state index contributed by atoms with van der Waals surface area (Å²) in [6, 6.07) is 7.67. The molecule has 1 aromatic carbocycles. The Bertz CT molecular complexity index is 846. The first-order valence-electron chi connectivity index (χ1n) is 6.06. The average molecular weight is 318 g/mol. The summed E-state index contributed by atoms with van der Waals surface area (Å²) in [4.78, 5) is 15.6. The lowest BCUT2D eigenvalue weighted by Gasteiger charge is -2.01. The fourth-order valence-electron chi connectivity index (χ4n) is 2.08. The van der Waals surface area contributed by atoms with Crippen LogP contribution >= 0.6 is 23.6 Å². The Morgan fingerprint density at radius 1 is 1.43 bits per heavy atom. The third-order valence-corrected chi connectivity index (χ3v) is 4.42. The minimum atomic E-state index is -1.05. The molecule has 0 amide bonds. The summed E-state index contributed by atoms with van der Waals surface area (Å²) in [7, 11) is 0. The highest BCUT2D eigenvalue weighted by Gasteiger charge is 2.16. The van der Waals surface area contributed by atoms with Gasteiger partial charge in [-0.05, 0) is 24.4 Å². The summed E-state index contributed by atoms with van der Waals surface area (Å²) in [6.45, 7) is -0.352. The summed E-state index contributed by atoms with van der Waals surface area (Å²) >= 11 is 6.26. The number of aromatic nitrogens is 1. The number of thiazole rings is 1. The summed E-state index contributed by atoms with van der Waals surface area (Å²) < 4.78 is 1.53. The second-order valence-corrected chi connectivity index (χ2v) is 6.09. The van der Waals surface area contributed by atoms with Crippen LogP contribution in [-0.2, 0) is 11.3 Å². The number of para-hydroxylation sites is 1. The van der Waals surface area contributed by atoms with Crippen molar-refractivity contribution >= 4 is 53.1 Å². The Morgan fingerprint density at radius 3 is 2.95 bits per heavy atom. The maximum atomic E-state index is 10.8. The van der Waals surface area contributed by atoms with Crippen molar-refractivity contribution in [3.05, 3.63) is 38.7 Å². The van der Waals surface area contributed by atoms with Crippen LogP contribution in [0, 0.1) is 3.95 Å². The molecule has 0 spiro atoms. The molecule has 2 heterocycles. The summed E-state index contributed by atoms with van der Waals surface area (Å²) in [6.07, 6.45) is 3.48. The van der Waals surface area contributed by atoms with Crippen molar-refractivity contribution in [2.75, 3.05) is 0 Å². The molecule has 21 heavy (non-hydrogen) atoms. The topological polar surface area (TPSA) is 74.8 Å². The molecule has 0 aliphatic carbocycles. The molecule has 0 radical (unpaired) electrons. The lowest BCUT2D eigenvalue weighted by Crippen LogP contribution is -2.07. The lowest BCUT2D eigenvalue weighted by molar-refractivity contribution is -0.137. The molecule has 2 N–H and O–H groups in total. The molecule has 0 atom stereocenters. The number of hydrogen-bond donors (Lipinski definition) is 2. The molecule has 0 saturated carbocycles. The van der Waals surface area contributed by atoms with Gasteiger partial charge in [-0.25, -0.2) is 0 Å². The number of allylic oxidation sites excluding steroid dienone is 1. The first kappa shape index (κ1) is 13.7. The first-order valence-corrected chi connectivity index (χ1v) is 7.28. The average Bonchev–Trinajstić information content (AvgIpc) is 2.96. The number of hydrogen-bond acceptors (Lipinski definition) is 5. The Morgan fingerprint density at radius 2 is 2.19 bits per heavy atom. The highest BCUT2D eigenvalue weighted by molar-refractivity contribution is 7.73. The molecule has 7 heteroatoms. The molecule has 0 saturated heterocycles. The van der Waals surface area contributed by atoms with Gasteiger partial charge in [0.15, 0.2) is 3.95 Å². The zero-order chi connectivity index (χ0) is 15.0. The third kappa shape index (κ3) is 2.53. The number of carbonyl (C=O) groups is 1. The van der Waals surface area contributed by atoms with Gasteiger partial charge in [-0.1, -0.05) is 18.2 Å². The highest BCUT2D eigenvalue weighted by atomic mass is 32.1. The number of fused-ring (bicyclic) bond motifs is 1. The van der Waals surface area contributed by atoms with Gasteiger partial charge in [-0.2, -0.15) is 0 Å². The second-order valence-electron chi connectivity index (χ2n) is 4.41. The van der Waals surface area contributed by atoms with E-state index >= 15 is 0 Å². The fourth-order valence-corrected chi connectivity index (χ4v) is 3.34. The van der Waals surface area contributed by atoms with Gasteiger partial charge in [0.1, 0.15) is 6.54 Å². The van der Waals surface area contributed by atoms with Gasteiger partial charge in [0.05, 0.1) is 10.6 Å². The second kappa shape index (κ2) is 5.27. The molecule has 1 aliphatic heterocycles. The van der Waals surface area contributed by atoms with Gasteiger partial charge in [0.2, 0.25) is 5.88 Å². The van der Waals surface area contributed by atoms with Crippen molar-refractivity contribution in [3.63, 3.8) is 0 Å². The number of aliphatic imine (C=N–C) groups is 1. The molecular weight excluding hydrogens is 308 g/mol. The largest absolute Gasteiger partial charge is 0.493 e. The van der Waals surface area contributed by atoms with Gasteiger partial charge < -0.3 is 10.2 Å². The van der Waals surface area contributed by atoms with Crippen LogP contribution in [0.4, 0.5) is 5.69 Å². The Balaban J connectivity index is 2.04. The number of aromatic hydroxyl groups is 1. The van der Waals surface area contributed by atoms with Crippen molar-refractivity contribution in [1.82, 2.24) is 4.57 Å². The smallest absolute Gasteiger partial charge is 0.323 e. The van der Waals surface area contributed by atoms with E-state index in [9.17, 15) is 9.90 Å².